The van der Waals surface area contributed by atoms with E-state index in [0.29, 0.717) is 12.1 Å². The van der Waals surface area contributed by atoms with Gasteiger partial charge in [0.15, 0.2) is 11.6 Å². The van der Waals surface area contributed by atoms with Crippen LogP contribution in [-0.2, 0) is 23.1 Å². The Morgan fingerprint density at radius 2 is 1.86 bits per heavy atom. The minimum atomic E-state index is -3.65. The third kappa shape index (κ3) is 4.07. The highest BCUT2D eigenvalue weighted by molar-refractivity contribution is 7.91. The van der Waals surface area contributed by atoms with Crippen LogP contribution in [0.4, 0.5) is 8.78 Å². The first kappa shape index (κ1) is 16.0. The molecule has 0 saturated heterocycles. The van der Waals surface area contributed by atoms with Gasteiger partial charge in [-0.05, 0) is 36.9 Å². The van der Waals surface area contributed by atoms with Gasteiger partial charge >= 0.3 is 0 Å². The molecule has 114 valence electrons. The second-order valence-corrected chi connectivity index (χ2v) is 7.49. The van der Waals surface area contributed by atoms with E-state index in [4.69, 9.17) is 0 Å². The predicted octanol–water partition coefficient (Wildman–Crippen LogP) is 2.22. The van der Waals surface area contributed by atoms with Crippen molar-refractivity contribution in [1.29, 1.82) is 0 Å². The van der Waals surface area contributed by atoms with E-state index in [-0.39, 0.29) is 10.8 Å². The maximum Gasteiger partial charge on any atom is 0.250 e. The molecule has 0 radical (unpaired) electrons. The Hall–Kier alpha value is -1.35. The molecule has 0 aliphatic rings. The number of benzene rings is 1. The summed E-state index contributed by atoms with van der Waals surface area (Å²) in [7, 11) is -1.88. The summed E-state index contributed by atoms with van der Waals surface area (Å²) in [6, 6.07) is 6.52. The number of halogens is 2. The largest absolute Gasteiger partial charge is 0.315 e. The molecule has 21 heavy (non-hydrogen) atoms. The molecule has 0 spiro atoms. The molecular weight excluding hydrogens is 318 g/mol. The van der Waals surface area contributed by atoms with Gasteiger partial charge in [-0.15, -0.1) is 11.3 Å². The van der Waals surface area contributed by atoms with Gasteiger partial charge in [-0.1, -0.05) is 6.07 Å². The Morgan fingerprint density at radius 1 is 1.10 bits per heavy atom. The molecule has 1 aromatic heterocycles. The number of hydrogen-bond donors (Lipinski definition) is 2. The lowest BCUT2D eigenvalue weighted by Crippen LogP contribution is -2.22. The van der Waals surface area contributed by atoms with Crippen LogP contribution in [-0.4, -0.2) is 15.5 Å². The van der Waals surface area contributed by atoms with E-state index in [1.54, 1.807) is 13.1 Å². The van der Waals surface area contributed by atoms with Crippen LogP contribution in [0.15, 0.2) is 34.5 Å². The molecule has 0 atom stereocenters. The zero-order valence-electron chi connectivity index (χ0n) is 11.2. The van der Waals surface area contributed by atoms with Crippen LogP contribution >= 0.6 is 11.3 Å². The minimum absolute atomic E-state index is 0.0984. The van der Waals surface area contributed by atoms with Gasteiger partial charge in [-0.3, -0.25) is 0 Å². The highest BCUT2D eigenvalue weighted by Gasteiger charge is 2.16. The fraction of sp³-hybridized carbons (Fsp3) is 0.231. The molecule has 8 heteroatoms. The molecule has 0 aliphatic carbocycles. The summed E-state index contributed by atoms with van der Waals surface area (Å²) in [6.45, 7) is 0.488. The zero-order valence-corrected chi connectivity index (χ0v) is 12.8. The summed E-state index contributed by atoms with van der Waals surface area (Å²) in [6.07, 6.45) is 0. The van der Waals surface area contributed by atoms with Crippen molar-refractivity contribution in [3.8, 4) is 0 Å². The Morgan fingerprint density at radius 3 is 2.52 bits per heavy atom. The molecule has 0 aliphatic heterocycles. The number of rotatable bonds is 6. The highest BCUT2D eigenvalue weighted by Crippen LogP contribution is 2.21. The van der Waals surface area contributed by atoms with Gasteiger partial charge < -0.3 is 5.32 Å². The lowest BCUT2D eigenvalue weighted by atomic mass is 10.2. The summed E-state index contributed by atoms with van der Waals surface area (Å²) < 4.78 is 52.6. The van der Waals surface area contributed by atoms with Gasteiger partial charge in [0.1, 0.15) is 4.21 Å². The maximum absolute atomic E-state index is 13.1. The van der Waals surface area contributed by atoms with Crippen molar-refractivity contribution >= 4 is 21.4 Å². The summed E-state index contributed by atoms with van der Waals surface area (Å²) in [5.41, 5.74) is 0.351. The van der Waals surface area contributed by atoms with Crippen molar-refractivity contribution in [3.05, 3.63) is 52.4 Å². The third-order valence-electron chi connectivity index (χ3n) is 2.70. The van der Waals surface area contributed by atoms with Gasteiger partial charge in [-0.2, -0.15) is 0 Å². The summed E-state index contributed by atoms with van der Waals surface area (Å²) in [5.74, 6) is -1.96. The van der Waals surface area contributed by atoms with Crippen LogP contribution in [0.1, 0.15) is 10.4 Å². The van der Waals surface area contributed by atoms with Gasteiger partial charge in [0.05, 0.1) is 0 Å². The Labute approximate surface area is 125 Å². The average molecular weight is 332 g/mol. The van der Waals surface area contributed by atoms with Crippen LogP contribution in [0.3, 0.4) is 0 Å². The highest BCUT2D eigenvalue weighted by atomic mass is 32.2. The van der Waals surface area contributed by atoms with Crippen LogP contribution < -0.4 is 10.0 Å². The monoisotopic (exact) mass is 332 g/mol. The maximum atomic E-state index is 13.1. The van der Waals surface area contributed by atoms with Crippen molar-refractivity contribution < 1.29 is 17.2 Å². The third-order valence-corrected chi connectivity index (χ3v) is 5.68. The lowest BCUT2D eigenvalue weighted by molar-refractivity contribution is 0.506. The number of sulfonamides is 1. The Kier molecular flexibility index (Phi) is 5.04. The summed E-state index contributed by atoms with van der Waals surface area (Å²) in [4.78, 5) is 0.894. The minimum Gasteiger partial charge on any atom is -0.315 e. The molecule has 0 amide bonds. The van der Waals surface area contributed by atoms with Crippen molar-refractivity contribution in [2.75, 3.05) is 7.05 Å². The zero-order chi connectivity index (χ0) is 15.5. The van der Waals surface area contributed by atoms with E-state index >= 15 is 0 Å². The van der Waals surface area contributed by atoms with E-state index in [1.807, 2.05) is 0 Å². The average Bonchev–Trinajstić information content (AvgIpc) is 2.90. The second kappa shape index (κ2) is 6.61. The molecular formula is C13H14F2N2O2S2. The summed E-state index contributed by atoms with van der Waals surface area (Å²) >= 11 is 1.16. The van der Waals surface area contributed by atoms with Crippen LogP contribution in [0.25, 0.3) is 0 Å². The first-order valence-corrected chi connectivity index (χ1v) is 8.39. The molecule has 0 bridgehead atoms. The molecule has 0 saturated carbocycles. The van der Waals surface area contributed by atoms with E-state index in [9.17, 15) is 17.2 Å². The quantitative estimate of drug-likeness (QED) is 0.853. The first-order valence-electron chi connectivity index (χ1n) is 6.09. The molecule has 2 aromatic rings. The SMILES string of the molecule is CNCc1ccc(S(=O)(=O)NCc2ccc(F)c(F)c2)s1. The van der Waals surface area contributed by atoms with E-state index in [2.05, 4.69) is 10.0 Å². The van der Waals surface area contributed by atoms with Crippen LogP contribution in [0.2, 0.25) is 0 Å². The number of hydrogen-bond acceptors (Lipinski definition) is 4. The Balaban J connectivity index is 2.08. The van der Waals surface area contributed by atoms with Crippen molar-refractivity contribution in [1.82, 2.24) is 10.0 Å². The number of thiophene rings is 1. The fourth-order valence-corrected chi connectivity index (χ4v) is 4.10. The smallest absolute Gasteiger partial charge is 0.250 e. The second-order valence-electron chi connectivity index (χ2n) is 4.32. The van der Waals surface area contributed by atoms with Gasteiger partial charge in [0, 0.05) is 18.0 Å². The molecule has 0 unspecified atom stereocenters. The first-order chi connectivity index (χ1) is 9.92. The van der Waals surface area contributed by atoms with E-state index < -0.39 is 21.7 Å². The normalized spacial score (nSPS) is 11.8. The van der Waals surface area contributed by atoms with Crippen molar-refractivity contribution in [2.24, 2.45) is 0 Å². The van der Waals surface area contributed by atoms with Crippen LogP contribution in [0.5, 0.6) is 0 Å². The van der Waals surface area contributed by atoms with E-state index in [0.717, 1.165) is 28.3 Å². The molecule has 0 fully saturated rings. The molecule has 4 nitrogen and oxygen atoms in total. The van der Waals surface area contributed by atoms with Crippen molar-refractivity contribution in [2.45, 2.75) is 17.3 Å². The lowest BCUT2D eigenvalue weighted by Gasteiger charge is -2.05. The van der Waals surface area contributed by atoms with Crippen LogP contribution in [0, 0.1) is 11.6 Å². The Bertz CT molecular complexity index is 730. The standard InChI is InChI=1S/C13H14F2N2O2S2/c1-16-8-10-3-5-13(20-10)21(18,19)17-7-9-2-4-11(14)12(15)6-9/h2-6,16-17H,7-8H2,1H3. The molecule has 1 heterocycles. The fourth-order valence-electron chi connectivity index (χ4n) is 1.67. The summed E-state index contributed by atoms with van der Waals surface area (Å²) in [5, 5.41) is 2.94. The molecule has 2 N–H and O–H groups in total. The van der Waals surface area contributed by atoms with Gasteiger partial charge in [0.2, 0.25) is 10.0 Å². The predicted molar refractivity (Wildman–Crippen MR) is 77.5 cm³/mol. The van der Waals surface area contributed by atoms with Crippen molar-refractivity contribution in [3.63, 3.8) is 0 Å². The molecule has 2 rings (SSSR count). The van der Waals surface area contributed by atoms with Gasteiger partial charge in [-0.25, -0.2) is 21.9 Å². The molecule has 1 aromatic carbocycles. The number of nitrogens with one attached hydrogen (secondary N) is 2. The van der Waals surface area contributed by atoms with E-state index in [1.165, 1.54) is 12.1 Å². The van der Waals surface area contributed by atoms with Gasteiger partial charge in [0.25, 0.3) is 0 Å². The topological polar surface area (TPSA) is 58.2 Å².